The van der Waals surface area contributed by atoms with Crippen molar-refractivity contribution in [3.8, 4) is 21.8 Å². The molecule has 0 bridgehead atoms. The second-order valence-electron chi connectivity index (χ2n) is 8.40. The van der Waals surface area contributed by atoms with Crippen molar-refractivity contribution in [2.75, 3.05) is 5.32 Å². The van der Waals surface area contributed by atoms with Crippen LogP contribution in [0.5, 0.6) is 0 Å². The molecule has 3 aromatic carbocycles. The Bertz CT molecular complexity index is 1420. The molecular formula is C29H26N4S. The quantitative estimate of drug-likeness (QED) is 0.283. The summed E-state index contributed by atoms with van der Waals surface area (Å²) >= 11 is 1.68. The number of thiazole rings is 1. The first-order valence-corrected chi connectivity index (χ1v) is 12.2. The Morgan fingerprint density at radius 1 is 0.765 bits per heavy atom. The SMILES string of the molecule is Cc1nc(C)c(Cc2ccccc2)c(Nc2ccc(-c3csc(-c4ccccc4C)n3)cc2)n1. The van der Waals surface area contributed by atoms with E-state index in [-0.39, 0.29) is 0 Å². The Hall–Kier alpha value is -3.83. The average Bonchev–Trinajstić information content (AvgIpc) is 3.33. The van der Waals surface area contributed by atoms with E-state index >= 15 is 0 Å². The second kappa shape index (κ2) is 9.57. The highest BCUT2D eigenvalue weighted by Crippen LogP contribution is 2.32. The fraction of sp³-hybridized carbons (Fsp3) is 0.138. The molecule has 0 aliphatic rings. The highest BCUT2D eigenvalue weighted by atomic mass is 32.1. The topological polar surface area (TPSA) is 50.7 Å². The molecule has 5 aromatic rings. The summed E-state index contributed by atoms with van der Waals surface area (Å²) in [6.07, 6.45) is 0.786. The largest absolute Gasteiger partial charge is 0.340 e. The van der Waals surface area contributed by atoms with Crippen LogP contribution in [0, 0.1) is 20.8 Å². The zero-order valence-electron chi connectivity index (χ0n) is 19.5. The van der Waals surface area contributed by atoms with Crippen molar-refractivity contribution in [3.05, 3.63) is 112 Å². The predicted molar refractivity (Wildman–Crippen MR) is 142 cm³/mol. The van der Waals surface area contributed by atoms with Crippen molar-refractivity contribution >= 4 is 22.8 Å². The summed E-state index contributed by atoms with van der Waals surface area (Å²) in [5.41, 5.74) is 8.87. The van der Waals surface area contributed by atoms with Crippen molar-refractivity contribution < 1.29 is 0 Å². The molecule has 0 aliphatic heterocycles. The Morgan fingerprint density at radius 3 is 2.26 bits per heavy atom. The van der Waals surface area contributed by atoms with Gasteiger partial charge in [-0.2, -0.15) is 0 Å². The molecule has 0 fully saturated rings. The van der Waals surface area contributed by atoms with Crippen LogP contribution in [0.2, 0.25) is 0 Å². The van der Waals surface area contributed by atoms with Gasteiger partial charge in [0, 0.05) is 39.9 Å². The number of aromatic nitrogens is 3. The molecule has 0 unspecified atom stereocenters. The van der Waals surface area contributed by atoms with Crippen LogP contribution in [0.4, 0.5) is 11.5 Å². The minimum absolute atomic E-state index is 0.764. The van der Waals surface area contributed by atoms with E-state index in [1.807, 2.05) is 13.0 Å². The number of hydrogen-bond donors (Lipinski definition) is 1. The summed E-state index contributed by atoms with van der Waals surface area (Å²) in [4.78, 5) is 14.2. The predicted octanol–water partition coefficient (Wildman–Crippen LogP) is 7.53. The molecule has 168 valence electrons. The maximum Gasteiger partial charge on any atom is 0.137 e. The number of hydrogen-bond acceptors (Lipinski definition) is 5. The summed E-state index contributed by atoms with van der Waals surface area (Å²) in [7, 11) is 0. The van der Waals surface area contributed by atoms with E-state index in [1.165, 1.54) is 16.7 Å². The maximum absolute atomic E-state index is 4.89. The summed E-state index contributed by atoms with van der Waals surface area (Å²) in [6, 6.07) is 27.2. The third-order valence-corrected chi connectivity index (χ3v) is 6.75. The number of aryl methyl sites for hydroxylation is 3. The van der Waals surface area contributed by atoms with Crippen LogP contribution in [0.25, 0.3) is 21.8 Å². The van der Waals surface area contributed by atoms with E-state index in [1.54, 1.807) is 11.3 Å². The second-order valence-corrected chi connectivity index (χ2v) is 9.26. The summed E-state index contributed by atoms with van der Waals surface area (Å²) in [5, 5.41) is 6.70. The number of anilines is 2. The molecule has 2 aromatic heterocycles. The van der Waals surface area contributed by atoms with E-state index in [4.69, 9.17) is 9.97 Å². The average molecular weight is 463 g/mol. The van der Waals surface area contributed by atoms with Crippen molar-refractivity contribution in [1.29, 1.82) is 0 Å². The molecule has 0 saturated carbocycles. The number of benzene rings is 3. The summed E-state index contributed by atoms with van der Waals surface area (Å²) in [6.45, 7) is 6.11. The zero-order chi connectivity index (χ0) is 23.5. The molecule has 4 nitrogen and oxygen atoms in total. The number of rotatable bonds is 6. The molecule has 0 amide bonds. The van der Waals surface area contributed by atoms with Crippen LogP contribution >= 0.6 is 11.3 Å². The third kappa shape index (κ3) is 4.75. The van der Waals surface area contributed by atoms with Gasteiger partial charge in [-0.3, -0.25) is 0 Å². The molecule has 5 heteroatoms. The van der Waals surface area contributed by atoms with Gasteiger partial charge in [0.15, 0.2) is 0 Å². The van der Waals surface area contributed by atoms with E-state index < -0.39 is 0 Å². The molecule has 0 spiro atoms. The van der Waals surface area contributed by atoms with Crippen molar-refractivity contribution in [1.82, 2.24) is 15.0 Å². The van der Waals surface area contributed by atoms with Gasteiger partial charge in [0.2, 0.25) is 0 Å². The lowest BCUT2D eigenvalue weighted by Crippen LogP contribution is -2.06. The Morgan fingerprint density at radius 2 is 1.50 bits per heavy atom. The van der Waals surface area contributed by atoms with Crippen LogP contribution in [0.1, 0.15) is 28.2 Å². The molecular weight excluding hydrogens is 436 g/mol. The van der Waals surface area contributed by atoms with Gasteiger partial charge in [-0.25, -0.2) is 15.0 Å². The molecule has 0 saturated heterocycles. The lowest BCUT2D eigenvalue weighted by molar-refractivity contribution is 0.965. The zero-order valence-corrected chi connectivity index (χ0v) is 20.4. The smallest absolute Gasteiger partial charge is 0.137 e. The van der Waals surface area contributed by atoms with Gasteiger partial charge >= 0.3 is 0 Å². The van der Waals surface area contributed by atoms with Gasteiger partial charge in [0.25, 0.3) is 0 Å². The molecule has 0 atom stereocenters. The van der Waals surface area contributed by atoms with Gasteiger partial charge < -0.3 is 5.32 Å². The number of nitrogens with one attached hydrogen (secondary N) is 1. The molecule has 1 N–H and O–H groups in total. The van der Waals surface area contributed by atoms with Gasteiger partial charge in [0.1, 0.15) is 16.6 Å². The van der Waals surface area contributed by atoms with Gasteiger partial charge in [-0.15, -0.1) is 11.3 Å². The van der Waals surface area contributed by atoms with E-state index in [0.717, 1.165) is 51.3 Å². The van der Waals surface area contributed by atoms with E-state index in [9.17, 15) is 0 Å². The van der Waals surface area contributed by atoms with Crippen molar-refractivity contribution in [2.24, 2.45) is 0 Å². The summed E-state index contributed by atoms with van der Waals surface area (Å²) in [5.74, 6) is 1.62. The van der Waals surface area contributed by atoms with Crippen molar-refractivity contribution in [3.63, 3.8) is 0 Å². The lowest BCUT2D eigenvalue weighted by Gasteiger charge is -2.14. The molecule has 2 heterocycles. The third-order valence-electron chi connectivity index (χ3n) is 5.87. The fourth-order valence-electron chi connectivity index (χ4n) is 4.05. The maximum atomic E-state index is 4.89. The van der Waals surface area contributed by atoms with Gasteiger partial charge in [-0.1, -0.05) is 66.7 Å². The molecule has 5 rings (SSSR count). The molecule has 0 radical (unpaired) electrons. The Labute approximate surface area is 204 Å². The number of nitrogens with zero attached hydrogens (tertiary/aromatic N) is 3. The highest BCUT2D eigenvalue weighted by Gasteiger charge is 2.13. The minimum Gasteiger partial charge on any atom is -0.340 e. The standard InChI is InChI=1S/C29H26N4S/c1-19-9-7-8-12-25(19)29-33-27(18-34-29)23-13-15-24(16-14-23)32-28-26(20(2)30-21(3)31-28)17-22-10-5-4-6-11-22/h4-16,18H,17H2,1-3H3,(H,30,31,32). The van der Waals surface area contributed by atoms with Crippen LogP contribution < -0.4 is 5.32 Å². The monoisotopic (exact) mass is 462 g/mol. The van der Waals surface area contributed by atoms with Gasteiger partial charge in [-0.05, 0) is 44.0 Å². The van der Waals surface area contributed by atoms with Crippen molar-refractivity contribution in [2.45, 2.75) is 27.2 Å². The molecule has 34 heavy (non-hydrogen) atoms. The highest BCUT2D eigenvalue weighted by molar-refractivity contribution is 7.13. The van der Waals surface area contributed by atoms with E-state index in [2.05, 4.69) is 102 Å². The molecule has 0 aliphatic carbocycles. The first kappa shape index (κ1) is 22.0. The first-order valence-electron chi connectivity index (χ1n) is 11.3. The van der Waals surface area contributed by atoms with Crippen LogP contribution in [-0.2, 0) is 6.42 Å². The normalized spacial score (nSPS) is 10.9. The van der Waals surface area contributed by atoms with Gasteiger partial charge in [0.05, 0.1) is 5.69 Å². The minimum atomic E-state index is 0.764. The van der Waals surface area contributed by atoms with Crippen LogP contribution in [-0.4, -0.2) is 15.0 Å². The lowest BCUT2D eigenvalue weighted by atomic mass is 10.0. The van der Waals surface area contributed by atoms with Crippen LogP contribution in [0.3, 0.4) is 0 Å². The summed E-state index contributed by atoms with van der Waals surface area (Å²) < 4.78 is 0. The fourth-order valence-corrected chi connectivity index (χ4v) is 4.97. The van der Waals surface area contributed by atoms with E-state index in [0.29, 0.717) is 0 Å². The Kier molecular flexibility index (Phi) is 6.19. The van der Waals surface area contributed by atoms with Crippen LogP contribution in [0.15, 0.2) is 84.2 Å². The Balaban J connectivity index is 1.39. The first-order chi connectivity index (χ1) is 16.6.